The number of likely N-dealkylation sites (tertiary alicyclic amines) is 1. The minimum absolute atomic E-state index is 0. The van der Waals surface area contributed by atoms with Crippen molar-refractivity contribution in [3.63, 3.8) is 0 Å². The van der Waals surface area contributed by atoms with Crippen molar-refractivity contribution in [2.24, 2.45) is 17.8 Å². The van der Waals surface area contributed by atoms with Crippen molar-refractivity contribution in [2.45, 2.75) is 46.5 Å². The smallest absolute Gasteiger partial charge is 0.0957 e. The van der Waals surface area contributed by atoms with Crippen molar-refractivity contribution >= 4 is 18.2 Å². The number of aliphatic hydroxyl groups is 1. The molecule has 0 aliphatic carbocycles. The molecule has 108 valence electrons. The summed E-state index contributed by atoms with van der Waals surface area (Å²) in [5, 5.41) is 17.2. The Kier molecular flexibility index (Phi) is 8.62. The second-order valence-electron chi connectivity index (χ2n) is 5.86. The summed E-state index contributed by atoms with van der Waals surface area (Å²) in [5.74, 6) is 2.56. The first-order chi connectivity index (χ1) is 8.04. The second-order valence-corrected chi connectivity index (χ2v) is 5.86. The Balaban J connectivity index is 0.00000289. The van der Waals surface area contributed by atoms with Crippen LogP contribution in [-0.2, 0) is 0 Å². The molecule has 1 unspecified atom stereocenters. The molecule has 2 N–H and O–H groups in total. The van der Waals surface area contributed by atoms with Crippen LogP contribution >= 0.6 is 12.4 Å². The van der Waals surface area contributed by atoms with Gasteiger partial charge in [0.1, 0.15) is 0 Å². The molecule has 0 amide bonds. The molecule has 0 aromatic carbocycles. The second kappa shape index (κ2) is 8.76. The van der Waals surface area contributed by atoms with Crippen LogP contribution < -0.4 is 0 Å². The van der Waals surface area contributed by atoms with E-state index in [9.17, 15) is 0 Å². The minimum atomic E-state index is 0. The molecular weight excluding hydrogens is 248 g/mol. The first-order valence-electron chi connectivity index (χ1n) is 6.97. The number of hydrogen-bond acceptors (Lipinski definition) is 2. The van der Waals surface area contributed by atoms with E-state index in [4.69, 9.17) is 10.5 Å². The average molecular weight is 277 g/mol. The van der Waals surface area contributed by atoms with Crippen molar-refractivity contribution in [3.8, 4) is 0 Å². The Morgan fingerprint density at radius 2 is 1.83 bits per heavy atom. The monoisotopic (exact) mass is 276 g/mol. The molecule has 0 saturated carbocycles. The first-order valence-corrected chi connectivity index (χ1v) is 6.97. The number of hydrogen-bond donors (Lipinski definition) is 2. The SMILES string of the molecule is CC(C)CCC(=N)N1CCC(C(C)CO)CC1.Cl. The van der Waals surface area contributed by atoms with E-state index in [0.29, 0.717) is 24.4 Å². The van der Waals surface area contributed by atoms with Gasteiger partial charge < -0.3 is 10.0 Å². The lowest BCUT2D eigenvalue weighted by atomic mass is 9.86. The maximum absolute atomic E-state index is 9.15. The molecule has 18 heavy (non-hydrogen) atoms. The number of aliphatic hydroxyl groups excluding tert-OH is 1. The normalized spacial score (nSPS) is 18.6. The van der Waals surface area contributed by atoms with Crippen LogP contribution in [0.4, 0.5) is 0 Å². The average Bonchev–Trinajstić information content (AvgIpc) is 2.35. The molecule has 0 aromatic rings. The summed E-state index contributed by atoms with van der Waals surface area (Å²) in [5.41, 5.74) is 0. The molecule has 1 atom stereocenters. The van der Waals surface area contributed by atoms with Crippen LogP contribution in [0.5, 0.6) is 0 Å². The highest BCUT2D eigenvalue weighted by atomic mass is 35.5. The maximum atomic E-state index is 9.15. The molecule has 1 aliphatic heterocycles. The van der Waals surface area contributed by atoms with Crippen LogP contribution in [-0.4, -0.2) is 35.5 Å². The zero-order valence-electron chi connectivity index (χ0n) is 12.0. The summed E-state index contributed by atoms with van der Waals surface area (Å²) in [6.07, 6.45) is 4.29. The van der Waals surface area contributed by atoms with Gasteiger partial charge in [0.05, 0.1) is 5.84 Å². The largest absolute Gasteiger partial charge is 0.396 e. The Hall–Kier alpha value is -0.280. The Morgan fingerprint density at radius 3 is 2.28 bits per heavy atom. The van der Waals surface area contributed by atoms with Gasteiger partial charge in [-0.05, 0) is 37.0 Å². The van der Waals surface area contributed by atoms with Crippen LogP contribution in [0.15, 0.2) is 0 Å². The van der Waals surface area contributed by atoms with Crippen LogP contribution in [0.1, 0.15) is 46.5 Å². The van der Waals surface area contributed by atoms with E-state index in [2.05, 4.69) is 25.7 Å². The third-order valence-electron chi connectivity index (χ3n) is 3.97. The zero-order valence-corrected chi connectivity index (χ0v) is 12.8. The molecule has 3 nitrogen and oxygen atoms in total. The summed E-state index contributed by atoms with van der Waals surface area (Å²) in [6, 6.07) is 0. The van der Waals surface area contributed by atoms with E-state index in [0.717, 1.165) is 44.6 Å². The van der Waals surface area contributed by atoms with Crippen LogP contribution in [0, 0.1) is 23.2 Å². The van der Waals surface area contributed by atoms with E-state index < -0.39 is 0 Å². The number of nitrogens with one attached hydrogen (secondary N) is 1. The summed E-state index contributed by atoms with van der Waals surface area (Å²) in [6.45, 7) is 8.86. The van der Waals surface area contributed by atoms with Gasteiger partial charge in [0, 0.05) is 26.1 Å². The molecule has 0 radical (unpaired) electrons. The maximum Gasteiger partial charge on any atom is 0.0957 e. The molecule has 1 heterocycles. The van der Waals surface area contributed by atoms with Crippen molar-refractivity contribution in [1.29, 1.82) is 5.41 Å². The lowest BCUT2D eigenvalue weighted by molar-refractivity contribution is 0.142. The molecule has 0 aromatic heterocycles. The van der Waals surface area contributed by atoms with Gasteiger partial charge in [0.2, 0.25) is 0 Å². The van der Waals surface area contributed by atoms with Gasteiger partial charge in [-0.2, -0.15) is 0 Å². The number of rotatable bonds is 5. The highest BCUT2D eigenvalue weighted by Gasteiger charge is 2.24. The van der Waals surface area contributed by atoms with Gasteiger partial charge in [0.25, 0.3) is 0 Å². The number of piperidine rings is 1. The lowest BCUT2D eigenvalue weighted by Gasteiger charge is -2.36. The molecule has 1 fully saturated rings. The number of amidine groups is 1. The van der Waals surface area contributed by atoms with E-state index in [1.54, 1.807) is 0 Å². The summed E-state index contributed by atoms with van der Waals surface area (Å²) in [7, 11) is 0. The summed E-state index contributed by atoms with van der Waals surface area (Å²) < 4.78 is 0. The zero-order chi connectivity index (χ0) is 12.8. The van der Waals surface area contributed by atoms with E-state index in [-0.39, 0.29) is 12.4 Å². The molecule has 1 saturated heterocycles. The quantitative estimate of drug-likeness (QED) is 0.599. The molecule has 1 aliphatic rings. The van der Waals surface area contributed by atoms with Crippen molar-refractivity contribution in [1.82, 2.24) is 4.90 Å². The van der Waals surface area contributed by atoms with E-state index in [1.165, 1.54) is 0 Å². The van der Waals surface area contributed by atoms with Gasteiger partial charge in [-0.25, -0.2) is 0 Å². The Morgan fingerprint density at radius 1 is 1.28 bits per heavy atom. The fraction of sp³-hybridized carbons (Fsp3) is 0.929. The van der Waals surface area contributed by atoms with Gasteiger partial charge >= 0.3 is 0 Å². The number of nitrogens with zero attached hydrogens (tertiary/aromatic N) is 1. The van der Waals surface area contributed by atoms with Gasteiger partial charge in [0.15, 0.2) is 0 Å². The fourth-order valence-electron chi connectivity index (χ4n) is 2.47. The van der Waals surface area contributed by atoms with Gasteiger partial charge in [-0.3, -0.25) is 5.41 Å². The molecule has 0 spiro atoms. The van der Waals surface area contributed by atoms with Gasteiger partial charge in [-0.1, -0.05) is 20.8 Å². The third-order valence-corrected chi connectivity index (χ3v) is 3.97. The molecular formula is C14H29ClN2O. The fourth-order valence-corrected chi connectivity index (χ4v) is 2.47. The Bertz CT molecular complexity index is 238. The summed E-state index contributed by atoms with van der Waals surface area (Å²) in [4.78, 5) is 2.23. The highest BCUT2D eigenvalue weighted by Crippen LogP contribution is 2.25. The highest BCUT2D eigenvalue weighted by molar-refractivity contribution is 5.85. The van der Waals surface area contributed by atoms with E-state index >= 15 is 0 Å². The predicted octanol–water partition coefficient (Wildman–Crippen LogP) is 3.16. The molecule has 4 heteroatoms. The third kappa shape index (κ3) is 5.57. The summed E-state index contributed by atoms with van der Waals surface area (Å²) >= 11 is 0. The standard InChI is InChI=1S/C14H28N2O.ClH/c1-11(2)4-5-14(15)16-8-6-13(7-9-16)12(3)10-17;/h11-13,15,17H,4-10H2,1-3H3;1H. The van der Waals surface area contributed by atoms with Crippen molar-refractivity contribution < 1.29 is 5.11 Å². The lowest BCUT2D eigenvalue weighted by Crippen LogP contribution is -2.39. The topological polar surface area (TPSA) is 47.3 Å². The van der Waals surface area contributed by atoms with Gasteiger partial charge in [-0.15, -0.1) is 12.4 Å². The number of halogens is 1. The van der Waals surface area contributed by atoms with E-state index in [1.807, 2.05) is 0 Å². The minimum Gasteiger partial charge on any atom is -0.396 e. The molecule has 0 bridgehead atoms. The van der Waals surface area contributed by atoms with Crippen LogP contribution in [0.25, 0.3) is 0 Å². The van der Waals surface area contributed by atoms with Crippen molar-refractivity contribution in [3.05, 3.63) is 0 Å². The first kappa shape index (κ1) is 17.7. The van der Waals surface area contributed by atoms with Crippen LogP contribution in [0.3, 0.4) is 0 Å². The Labute approximate surface area is 118 Å². The predicted molar refractivity (Wildman–Crippen MR) is 79.6 cm³/mol. The van der Waals surface area contributed by atoms with Crippen molar-refractivity contribution in [2.75, 3.05) is 19.7 Å². The molecule has 1 rings (SSSR count). The van der Waals surface area contributed by atoms with Crippen LogP contribution in [0.2, 0.25) is 0 Å².